The van der Waals surface area contributed by atoms with E-state index in [1.807, 2.05) is 60.7 Å². The van der Waals surface area contributed by atoms with Crippen molar-refractivity contribution in [3.63, 3.8) is 0 Å². The van der Waals surface area contributed by atoms with Gasteiger partial charge in [-0.15, -0.1) is 0 Å². The van der Waals surface area contributed by atoms with Crippen LogP contribution in [0.1, 0.15) is 41.4 Å². The first-order chi connectivity index (χ1) is 18.9. The zero-order valence-electron chi connectivity index (χ0n) is 21.1. The van der Waals surface area contributed by atoms with Crippen LogP contribution in [0.4, 0.5) is 0 Å². The Labute approximate surface area is 236 Å². The summed E-state index contributed by atoms with van der Waals surface area (Å²) in [5, 5.41) is 9.67. The van der Waals surface area contributed by atoms with Gasteiger partial charge in [0.15, 0.2) is 0 Å². The van der Waals surface area contributed by atoms with Crippen molar-refractivity contribution in [1.82, 2.24) is 9.97 Å². The minimum absolute atomic E-state index is 0.0596. The van der Waals surface area contributed by atoms with E-state index in [4.69, 9.17) is 37.8 Å². The minimum atomic E-state index is -0.843. The molecule has 0 aliphatic heterocycles. The van der Waals surface area contributed by atoms with Crippen LogP contribution in [0.2, 0.25) is 10.0 Å². The number of para-hydroxylation sites is 1. The Morgan fingerprint density at radius 2 is 1.87 bits per heavy atom. The number of aliphatic carboxylic acids is 1. The zero-order valence-corrected chi connectivity index (χ0v) is 22.6. The van der Waals surface area contributed by atoms with E-state index in [0.717, 1.165) is 16.7 Å². The maximum atomic E-state index is 12.6. The molecule has 2 N–H and O–H groups in total. The number of aromatic nitrogens is 2. The van der Waals surface area contributed by atoms with Crippen LogP contribution in [0.5, 0.6) is 5.75 Å². The Bertz CT molecular complexity index is 1500. The van der Waals surface area contributed by atoms with Crippen molar-refractivity contribution in [2.45, 2.75) is 18.8 Å². The number of benzene rings is 3. The molecule has 1 heterocycles. The monoisotopic (exact) mass is 564 g/mol. The van der Waals surface area contributed by atoms with Gasteiger partial charge in [-0.25, -0.2) is 4.98 Å². The lowest BCUT2D eigenvalue weighted by Crippen LogP contribution is -2.16. The lowest BCUT2D eigenvalue weighted by molar-refractivity contribution is -0.141. The number of carbonyl (C=O) groups excluding carboxylic acids is 1. The van der Waals surface area contributed by atoms with Gasteiger partial charge < -0.3 is 19.6 Å². The van der Waals surface area contributed by atoms with Crippen LogP contribution in [0.15, 0.2) is 72.9 Å². The summed E-state index contributed by atoms with van der Waals surface area (Å²) in [6, 6.07) is 20.5. The molecule has 3 aromatic carbocycles. The van der Waals surface area contributed by atoms with Gasteiger partial charge >= 0.3 is 11.9 Å². The molecule has 0 amide bonds. The first kappa shape index (κ1) is 28.0. The van der Waals surface area contributed by atoms with Gasteiger partial charge in [0.25, 0.3) is 0 Å². The number of rotatable bonds is 11. The smallest absolute Gasteiger partial charge is 0.319 e. The second-order valence-corrected chi connectivity index (χ2v) is 9.49. The van der Waals surface area contributed by atoms with Crippen LogP contribution in [-0.4, -0.2) is 40.7 Å². The Morgan fingerprint density at radius 3 is 2.64 bits per heavy atom. The SMILES string of the molecule is COC(=O)C(c1cnc(C=Cc2cccc(-c3ccccc3OCCCC(=O)O)c2)[nH]1)c1ccc(Cl)cc1Cl. The molecule has 7 nitrogen and oxygen atoms in total. The molecule has 0 aliphatic carbocycles. The highest BCUT2D eigenvalue weighted by atomic mass is 35.5. The minimum Gasteiger partial charge on any atom is -0.493 e. The molecule has 1 unspecified atom stereocenters. The molecule has 200 valence electrons. The van der Waals surface area contributed by atoms with Crippen LogP contribution in [0, 0.1) is 0 Å². The molecular formula is C30H26Cl2N2O5. The number of hydrogen-bond donors (Lipinski definition) is 2. The normalized spacial score (nSPS) is 11.9. The number of imidazole rings is 1. The van der Waals surface area contributed by atoms with Crippen molar-refractivity contribution in [3.8, 4) is 16.9 Å². The van der Waals surface area contributed by atoms with E-state index < -0.39 is 17.9 Å². The number of carboxylic acids is 1. The molecule has 1 atom stereocenters. The molecule has 9 heteroatoms. The van der Waals surface area contributed by atoms with Crippen molar-refractivity contribution in [1.29, 1.82) is 0 Å². The maximum Gasteiger partial charge on any atom is 0.319 e. The van der Waals surface area contributed by atoms with Crippen LogP contribution >= 0.6 is 23.2 Å². The van der Waals surface area contributed by atoms with Crippen LogP contribution in [0.3, 0.4) is 0 Å². The van der Waals surface area contributed by atoms with Crippen molar-refractivity contribution in [3.05, 3.63) is 106 Å². The Morgan fingerprint density at radius 1 is 1.05 bits per heavy atom. The predicted octanol–water partition coefficient (Wildman–Crippen LogP) is 7.10. The number of methoxy groups -OCH3 is 1. The number of aromatic amines is 1. The first-order valence-electron chi connectivity index (χ1n) is 12.2. The molecule has 0 saturated heterocycles. The summed E-state index contributed by atoms with van der Waals surface area (Å²) < 4.78 is 10.9. The lowest BCUT2D eigenvalue weighted by Gasteiger charge is -2.15. The molecule has 0 fully saturated rings. The van der Waals surface area contributed by atoms with E-state index in [-0.39, 0.29) is 6.42 Å². The fourth-order valence-electron chi connectivity index (χ4n) is 4.08. The van der Waals surface area contributed by atoms with Gasteiger partial charge in [0, 0.05) is 28.2 Å². The molecule has 0 spiro atoms. The fourth-order valence-corrected chi connectivity index (χ4v) is 4.60. The van der Waals surface area contributed by atoms with Crippen molar-refractivity contribution in [2.24, 2.45) is 0 Å². The topological polar surface area (TPSA) is 102 Å². The van der Waals surface area contributed by atoms with Crippen LogP contribution in [-0.2, 0) is 14.3 Å². The maximum absolute atomic E-state index is 12.6. The predicted molar refractivity (Wildman–Crippen MR) is 152 cm³/mol. The molecule has 4 aromatic rings. The molecule has 0 radical (unpaired) electrons. The third kappa shape index (κ3) is 7.28. The molecular weight excluding hydrogens is 539 g/mol. The van der Waals surface area contributed by atoms with Gasteiger partial charge in [-0.2, -0.15) is 0 Å². The molecule has 1 aromatic heterocycles. The van der Waals surface area contributed by atoms with Crippen LogP contribution < -0.4 is 4.74 Å². The highest BCUT2D eigenvalue weighted by Gasteiger charge is 2.27. The average molecular weight is 565 g/mol. The average Bonchev–Trinajstić information content (AvgIpc) is 3.40. The van der Waals surface area contributed by atoms with E-state index in [2.05, 4.69) is 9.97 Å². The number of hydrogen-bond acceptors (Lipinski definition) is 5. The highest BCUT2D eigenvalue weighted by Crippen LogP contribution is 2.33. The summed E-state index contributed by atoms with van der Waals surface area (Å²) in [6.07, 6.45) is 5.79. The second-order valence-electron chi connectivity index (χ2n) is 8.65. The van der Waals surface area contributed by atoms with E-state index in [9.17, 15) is 9.59 Å². The van der Waals surface area contributed by atoms with Gasteiger partial charge in [-0.1, -0.05) is 71.7 Å². The van der Waals surface area contributed by atoms with E-state index >= 15 is 0 Å². The van der Waals surface area contributed by atoms with Crippen molar-refractivity contribution in [2.75, 3.05) is 13.7 Å². The van der Waals surface area contributed by atoms with Gasteiger partial charge in [0.1, 0.15) is 17.5 Å². The number of nitrogens with zero attached hydrogens (tertiary/aromatic N) is 1. The van der Waals surface area contributed by atoms with E-state index in [1.165, 1.54) is 7.11 Å². The number of esters is 1. The van der Waals surface area contributed by atoms with E-state index in [0.29, 0.717) is 45.9 Å². The summed E-state index contributed by atoms with van der Waals surface area (Å²) in [5.74, 6) is -0.865. The Kier molecular flexibility index (Phi) is 9.41. The summed E-state index contributed by atoms with van der Waals surface area (Å²) in [4.78, 5) is 31.0. The van der Waals surface area contributed by atoms with Gasteiger partial charge in [-0.05, 0) is 53.5 Å². The van der Waals surface area contributed by atoms with Crippen LogP contribution in [0.25, 0.3) is 23.3 Å². The third-order valence-electron chi connectivity index (χ3n) is 5.95. The Hall–Kier alpha value is -4.07. The van der Waals surface area contributed by atoms with Gasteiger partial charge in [0.2, 0.25) is 0 Å². The molecule has 0 saturated carbocycles. The van der Waals surface area contributed by atoms with Gasteiger partial charge in [0.05, 0.1) is 19.4 Å². The number of carboxylic acid groups (broad SMARTS) is 1. The number of ether oxygens (including phenoxy) is 2. The molecule has 39 heavy (non-hydrogen) atoms. The quantitative estimate of drug-likeness (QED) is 0.149. The highest BCUT2D eigenvalue weighted by molar-refractivity contribution is 6.35. The lowest BCUT2D eigenvalue weighted by atomic mass is 9.96. The molecule has 4 rings (SSSR count). The number of carbonyl (C=O) groups is 2. The first-order valence-corrected chi connectivity index (χ1v) is 12.9. The molecule has 0 bridgehead atoms. The van der Waals surface area contributed by atoms with Gasteiger partial charge in [-0.3, -0.25) is 9.59 Å². The third-order valence-corrected chi connectivity index (χ3v) is 6.51. The largest absolute Gasteiger partial charge is 0.493 e. The summed E-state index contributed by atoms with van der Waals surface area (Å²) in [6.45, 7) is 0.317. The fraction of sp³-hybridized carbons (Fsp3) is 0.167. The second kappa shape index (κ2) is 13.1. The van der Waals surface area contributed by atoms with E-state index in [1.54, 1.807) is 24.4 Å². The zero-order chi connectivity index (χ0) is 27.8. The van der Waals surface area contributed by atoms with Crippen molar-refractivity contribution < 1.29 is 24.2 Å². The summed E-state index contributed by atoms with van der Waals surface area (Å²) in [5.41, 5.74) is 3.88. The number of H-pyrrole nitrogens is 1. The summed E-state index contributed by atoms with van der Waals surface area (Å²) >= 11 is 12.4. The Balaban J connectivity index is 1.53. The van der Waals surface area contributed by atoms with Crippen molar-refractivity contribution >= 4 is 47.3 Å². The standard InChI is InChI=1S/C30H26Cl2N2O5/c1-38-30(37)29(23-13-12-21(31)17-24(23)32)25-18-33-27(34-25)14-11-19-6-4-7-20(16-19)22-8-2-3-9-26(22)39-15-5-10-28(35)36/h2-4,6-9,11-14,16-18,29H,5,10,15H2,1H3,(H,33,34)(H,35,36). The summed E-state index contributed by atoms with van der Waals surface area (Å²) in [7, 11) is 1.32. The molecule has 0 aliphatic rings. The number of nitrogens with one attached hydrogen (secondary N) is 1. The number of halogens is 2.